The van der Waals surface area contributed by atoms with Crippen LogP contribution in [0.1, 0.15) is 13.8 Å². The Labute approximate surface area is 93.7 Å². The molecule has 0 amide bonds. The van der Waals surface area contributed by atoms with Gasteiger partial charge in [-0.2, -0.15) is 0 Å². The highest BCUT2D eigenvalue weighted by atomic mass is 35.5. The van der Waals surface area contributed by atoms with Crippen molar-refractivity contribution in [2.45, 2.75) is 13.8 Å². The number of nitrogens with two attached hydrogens (primary N) is 1. The largest absolute Gasteiger partial charge is 0.396 e. The van der Waals surface area contributed by atoms with E-state index >= 15 is 0 Å². The molecule has 0 saturated heterocycles. The van der Waals surface area contributed by atoms with Crippen LogP contribution in [0, 0.1) is 5.41 Å². The topological polar surface area (TPSA) is 84.1 Å². The molecule has 1 aromatic rings. The predicted octanol–water partition coefficient (Wildman–Crippen LogP) is 1.14. The zero-order valence-corrected chi connectivity index (χ0v) is 9.54. The molecule has 0 atom stereocenters. The van der Waals surface area contributed by atoms with E-state index in [-0.39, 0.29) is 17.2 Å². The molecule has 1 aromatic heterocycles. The molecule has 0 spiro atoms. The van der Waals surface area contributed by atoms with Crippen LogP contribution in [-0.4, -0.2) is 28.2 Å². The highest BCUT2D eigenvalue weighted by molar-refractivity contribution is 6.32. The lowest BCUT2D eigenvalue weighted by atomic mass is 9.95. The first-order valence-electron chi connectivity index (χ1n) is 4.57. The van der Waals surface area contributed by atoms with Crippen LogP contribution in [0.4, 0.5) is 11.5 Å². The molecule has 84 valence electrons. The summed E-state index contributed by atoms with van der Waals surface area (Å²) in [5.74, 6) is 0.497. The van der Waals surface area contributed by atoms with E-state index in [9.17, 15) is 0 Å². The van der Waals surface area contributed by atoms with E-state index in [1.165, 1.54) is 6.33 Å². The van der Waals surface area contributed by atoms with Crippen LogP contribution in [0.2, 0.25) is 5.15 Å². The van der Waals surface area contributed by atoms with Gasteiger partial charge in [-0.15, -0.1) is 0 Å². The summed E-state index contributed by atoms with van der Waals surface area (Å²) >= 11 is 5.73. The average Bonchev–Trinajstić information content (AvgIpc) is 2.20. The molecule has 0 saturated carbocycles. The number of hydrogen-bond donors (Lipinski definition) is 3. The zero-order chi connectivity index (χ0) is 11.5. The summed E-state index contributed by atoms with van der Waals surface area (Å²) < 4.78 is 0. The predicted molar refractivity (Wildman–Crippen MR) is 60.8 cm³/mol. The lowest BCUT2D eigenvalue weighted by Gasteiger charge is -2.22. The van der Waals surface area contributed by atoms with E-state index in [1.54, 1.807) is 0 Å². The number of anilines is 2. The van der Waals surface area contributed by atoms with Gasteiger partial charge >= 0.3 is 0 Å². The monoisotopic (exact) mass is 230 g/mol. The number of halogens is 1. The molecule has 15 heavy (non-hydrogen) atoms. The van der Waals surface area contributed by atoms with Gasteiger partial charge in [0.2, 0.25) is 0 Å². The smallest absolute Gasteiger partial charge is 0.157 e. The Morgan fingerprint density at radius 2 is 2.20 bits per heavy atom. The third kappa shape index (κ3) is 3.21. The van der Waals surface area contributed by atoms with E-state index in [1.807, 2.05) is 13.8 Å². The molecule has 0 unspecified atom stereocenters. The minimum atomic E-state index is -0.232. The summed E-state index contributed by atoms with van der Waals surface area (Å²) in [6.07, 6.45) is 1.34. The summed E-state index contributed by atoms with van der Waals surface area (Å²) in [4.78, 5) is 7.71. The van der Waals surface area contributed by atoms with Crippen molar-refractivity contribution in [2.24, 2.45) is 5.41 Å². The highest BCUT2D eigenvalue weighted by Crippen LogP contribution is 2.23. The number of nitrogen functional groups attached to an aromatic ring is 1. The van der Waals surface area contributed by atoms with Crippen LogP contribution in [0.25, 0.3) is 0 Å². The molecular weight excluding hydrogens is 216 g/mol. The second kappa shape index (κ2) is 4.63. The number of nitrogens with zero attached hydrogens (tertiary/aromatic N) is 2. The number of aliphatic hydroxyl groups is 1. The van der Waals surface area contributed by atoms with Gasteiger partial charge in [-0.3, -0.25) is 0 Å². The fourth-order valence-corrected chi connectivity index (χ4v) is 1.03. The number of aliphatic hydroxyl groups excluding tert-OH is 1. The maximum absolute atomic E-state index is 9.07. The van der Waals surface area contributed by atoms with E-state index in [4.69, 9.17) is 22.4 Å². The lowest BCUT2D eigenvalue weighted by molar-refractivity contribution is 0.171. The normalized spacial score (nSPS) is 11.5. The van der Waals surface area contributed by atoms with Gasteiger partial charge in [0.25, 0.3) is 0 Å². The molecule has 0 aliphatic carbocycles. The quantitative estimate of drug-likeness (QED) is 0.676. The molecular formula is C9H15ClN4O. The Kier molecular flexibility index (Phi) is 3.71. The van der Waals surface area contributed by atoms with Crippen LogP contribution in [-0.2, 0) is 0 Å². The van der Waals surface area contributed by atoms with Crippen LogP contribution >= 0.6 is 11.6 Å². The fourth-order valence-electron chi connectivity index (χ4n) is 0.894. The van der Waals surface area contributed by atoms with E-state index in [0.29, 0.717) is 18.1 Å². The minimum absolute atomic E-state index is 0.0821. The van der Waals surface area contributed by atoms with Gasteiger partial charge in [0.1, 0.15) is 12.0 Å². The minimum Gasteiger partial charge on any atom is -0.396 e. The van der Waals surface area contributed by atoms with Crippen molar-refractivity contribution in [3.05, 3.63) is 11.5 Å². The van der Waals surface area contributed by atoms with Gasteiger partial charge in [-0.25, -0.2) is 9.97 Å². The fraction of sp³-hybridized carbons (Fsp3) is 0.556. The number of hydrogen-bond acceptors (Lipinski definition) is 5. The molecule has 0 aliphatic heterocycles. The van der Waals surface area contributed by atoms with Gasteiger partial charge in [0, 0.05) is 18.6 Å². The van der Waals surface area contributed by atoms with Gasteiger partial charge in [0.15, 0.2) is 11.0 Å². The van der Waals surface area contributed by atoms with Gasteiger partial charge < -0.3 is 16.2 Å². The summed E-state index contributed by atoms with van der Waals surface area (Å²) in [6, 6.07) is 0. The van der Waals surface area contributed by atoms with Crippen molar-refractivity contribution in [1.82, 2.24) is 9.97 Å². The number of aromatic nitrogens is 2. The Morgan fingerprint density at radius 1 is 1.53 bits per heavy atom. The summed E-state index contributed by atoms with van der Waals surface area (Å²) in [5.41, 5.74) is 5.77. The first-order valence-corrected chi connectivity index (χ1v) is 4.95. The van der Waals surface area contributed by atoms with Crippen molar-refractivity contribution >= 4 is 23.1 Å². The van der Waals surface area contributed by atoms with E-state index in [0.717, 1.165) is 0 Å². The number of rotatable bonds is 4. The molecule has 6 heteroatoms. The summed E-state index contributed by atoms with van der Waals surface area (Å²) in [6.45, 7) is 4.50. The maximum Gasteiger partial charge on any atom is 0.157 e. The molecule has 0 radical (unpaired) electrons. The first-order chi connectivity index (χ1) is 6.96. The van der Waals surface area contributed by atoms with Crippen molar-refractivity contribution in [2.75, 3.05) is 24.2 Å². The number of nitrogens with one attached hydrogen (secondary N) is 1. The lowest BCUT2D eigenvalue weighted by Crippen LogP contribution is -2.27. The van der Waals surface area contributed by atoms with Gasteiger partial charge in [-0.1, -0.05) is 25.4 Å². The summed E-state index contributed by atoms with van der Waals surface area (Å²) in [5, 5.41) is 12.3. The molecule has 1 rings (SSSR count). The van der Waals surface area contributed by atoms with Crippen molar-refractivity contribution in [3.8, 4) is 0 Å². The van der Waals surface area contributed by atoms with Gasteiger partial charge in [0.05, 0.1) is 0 Å². The average molecular weight is 231 g/mol. The molecule has 5 nitrogen and oxygen atoms in total. The summed E-state index contributed by atoms with van der Waals surface area (Å²) in [7, 11) is 0. The second-order valence-electron chi connectivity index (χ2n) is 4.10. The molecule has 0 aromatic carbocycles. The second-order valence-corrected chi connectivity index (χ2v) is 4.46. The van der Waals surface area contributed by atoms with E-state index in [2.05, 4.69) is 15.3 Å². The van der Waals surface area contributed by atoms with Crippen molar-refractivity contribution in [1.29, 1.82) is 0 Å². The maximum atomic E-state index is 9.07. The Hall–Kier alpha value is -1.07. The van der Waals surface area contributed by atoms with Crippen LogP contribution < -0.4 is 11.1 Å². The molecule has 1 heterocycles. The standard InChI is InChI=1S/C9H15ClN4O/c1-9(2,4-15)3-12-8-6(11)7(10)13-5-14-8/h5,15H,3-4,11H2,1-2H3,(H,12,13,14). The third-order valence-corrected chi connectivity index (χ3v) is 2.30. The third-order valence-electron chi connectivity index (χ3n) is 2.00. The first kappa shape index (κ1) is 12.0. The van der Waals surface area contributed by atoms with Crippen molar-refractivity contribution in [3.63, 3.8) is 0 Å². The molecule has 0 fully saturated rings. The Bertz CT molecular complexity index is 343. The Balaban J connectivity index is 2.70. The van der Waals surface area contributed by atoms with Crippen LogP contribution in [0.3, 0.4) is 0 Å². The Morgan fingerprint density at radius 3 is 2.80 bits per heavy atom. The molecule has 4 N–H and O–H groups in total. The highest BCUT2D eigenvalue weighted by Gasteiger charge is 2.17. The van der Waals surface area contributed by atoms with E-state index < -0.39 is 0 Å². The van der Waals surface area contributed by atoms with Crippen LogP contribution in [0.5, 0.6) is 0 Å². The molecule has 0 bridgehead atoms. The van der Waals surface area contributed by atoms with Crippen molar-refractivity contribution < 1.29 is 5.11 Å². The zero-order valence-electron chi connectivity index (χ0n) is 8.79. The van der Waals surface area contributed by atoms with Gasteiger partial charge in [-0.05, 0) is 0 Å². The SMILES string of the molecule is CC(C)(CO)CNc1ncnc(Cl)c1N. The molecule has 0 aliphatic rings. The van der Waals surface area contributed by atoms with Crippen LogP contribution in [0.15, 0.2) is 6.33 Å².